The maximum absolute atomic E-state index is 12.8. The van der Waals surface area contributed by atoms with E-state index < -0.39 is 4.92 Å². The van der Waals surface area contributed by atoms with Crippen molar-refractivity contribution in [2.24, 2.45) is 0 Å². The summed E-state index contributed by atoms with van der Waals surface area (Å²) in [5.74, 6) is 0.336. The highest BCUT2D eigenvalue weighted by molar-refractivity contribution is 6.30. The second kappa shape index (κ2) is 8.18. The lowest BCUT2D eigenvalue weighted by molar-refractivity contribution is -0.384. The van der Waals surface area contributed by atoms with Gasteiger partial charge in [0.15, 0.2) is 0 Å². The Kier molecular flexibility index (Phi) is 5.70. The molecule has 0 spiro atoms. The Hall–Kier alpha value is -3.26. The van der Waals surface area contributed by atoms with Gasteiger partial charge in [0.05, 0.1) is 11.5 Å². The second-order valence-corrected chi connectivity index (χ2v) is 6.78. The number of nitro groups is 1. The number of rotatable bonds is 6. The minimum Gasteiger partial charge on any atom is -0.419 e. The van der Waals surface area contributed by atoms with E-state index in [-0.39, 0.29) is 30.1 Å². The lowest BCUT2D eigenvalue weighted by Crippen LogP contribution is -2.36. The zero-order valence-corrected chi connectivity index (χ0v) is 16.0. The largest absolute Gasteiger partial charge is 0.419 e. The summed E-state index contributed by atoms with van der Waals surface area (Å²) >= 11 is 5.88. The van der Waals surface area contributed by atoms with Crippen LogP contribution in [0.4, 0.5) is 5.69 Å². The molecule has 0 unspecified atom stereocenters. The van der Waals surface area contributed by atoms with Crippen LogP contribution in [-0.4, -0.2) is 32.0 Å². The molecule has 0 fully saturated rings. The smallest absolute Gasteiger partial charge is 0.269 e. The molecule has 1 amide bonds. The SMILES string of the molecule is CC(C)N(Cc1nnc(-c2ccc(Cl)cc2)o1)C(=O)c1ccc([N+](=O)[O-])cc1. The number of hydrogen-bond acceptors (Lipinski definition) is 6. The zero-order valence-electron chi connectivity index (χ0n) is 15.2. The first kappa shape index (κ1) is 19.5. The zero-order chi connectivity index (χ0) is 20.3. The lowest BCUT2D eigenvalue weighted by Gasteiger charge is -2.25. The number of halogens is 1. The molecule has 0 bridgehead atoms. The molecule has 9 heteroatoms. The average Bonchev–Trinajstić information content (AvgIpc) is 3.14. The Morgan fingerprint density at radius 1 is 1.14 bits per heavy atom. The fraction of sp³-hybridized carbons (Fsp3) is 0.211. The number of aromatic nitrogens is 2. The molecule has 1 aromatic heterocycles. The third-order valence-electron chi connectivity index (χ3n) is 4.07. The third kappa shape index (κ3) is 4.34. The summed E-state index contributed by atoms with van der Waals surface area (Å²) in [6, 6.07) is 12.3. The fourth-order valence-electron chi connectivity index (χ4n) is 2.55. The number of carbonyl (C=O) groups is 1. The molecule has 0 N–H and O–H groups in total. The quantitative estimate of drug-likeness (QED) is 0.450. The van der Waals surface area contributed by atoms with Crippen molar-refractivity contribution in [3.63, 3.8) is 0 Å². The normalized spacial score (nSPS) is 10.9. The first-order chi connectivity index (χ1) is 13.3. The van der Waals surface area contributed by atoms with Gasteiger partial charge in [-0.2, -0.15) is 0 Å². The van der Waals surface area contributed by atoms with Crippen molar-refractivity contribution in [2.75, 3.05) is 0 Å². The minimum atomic E-state index is -0.509. The number of carbonyl (C=O) groups excluding carboxylic acids is 1. The number of nitro benzene ring substituents is 1. The van der Waals surface area contributed by atoms with Crippen LogP contribution in [-0.2, 0) is 6.54 Å². The van der Waals surface area contributed by atoms with Gasteiger partial charge >= 0.3 is 0 Å². The topological polar surface area (TPSA) is 102 Å². The van der Waals surface area contributed by atoms with Gasteiger partial charge in [0.2, 0.25) is 11.8 Å². The van der Waals surface area contributed by atoms with Crippen LogP contribution in [0.15, 0.2) is 52.9 Å². The minimum absolute atomic E-state index is 0.0721. The summed E-state index contributed by atoms with van der Waals surface area (Å²) < 4.78 is 5.68. The highest BCUT2D eigenvalue weighted by atomic mass is 35.5. The molecule has 1 heterocycles. The van der Waals surface area contributed by atoms with Crippen molar-refractivity contribution in [1.82, 2.24) is 15.1 Å². The first-order valence-corrected chi connectivity index (χ1v) is 8.86. The maximum atomic E-state index is 12.8. The van der Waals surface area contributed by atoms with Gasteiger partial charge in [0.25, 0.3) is 11.6 Å². The van der Waals surface area contributed by atoms with E-state index in [1.807, 2.05) is 13.8 Å². The number of nitrogens with zero attached hydrogens (tertiary/aromatic N) is 4. The number of amides is 1. The third-order valence-corrected chi connectivity index (χ3v) is 4.32. The lowest BCUT2D eigenvalue weighted by atomic mass is 10.1. The molecule has 0 aliphatic carbocycles. The molecule has 28 heavy (non-hydrogen) atoms. The Balaban J connectivity index is 1.78. The van der Waals surface area contributed by atoms with Gasteiger partial charge in [0.1, 0.15) is 0 Å². The van der Waals surface area contributed by atoms with Crippen molar-refractivity contribution in [1.29, 1.82) is 0 Å². The van der Waals surface area contributed by atoms with Gasteiger partial charge in [-0.15, -0.1) is 10.2 Å². The van der Waals surface area contributed by atoms with Gasteiger partial charge in [-0.05, 0) is 50.2 Å². The predicted octanol–water partition coefficient (Wildman–Crippen LogP) is 4.35. The van der Waals surface area contributed by atoms with Crippen LogP contribution in [0, 0.1) is 10.1 Å². The summed E-state index contributed by atoms with van der Waals surface area (Å²) in [6.45, 7) is 3.84. The van der Waals surface area contributed by atoms with Gasteiger partial charge in [0, 0.05) is 34.3 Å². The summed E-state index contributed by atoms with van der Waals surface area (Å²) in [6.07, 6.45) is 0. The van der Waals surface area contributed by atoms with Crippen LogP contribution in [0.1, 0.15) is 30.1 Å². The van der Waals surface area contributed by atoms with Crippen molar-refractivity contribution in [2.45, 2.75) is 26.4 Å². The van der Waals surface area contributed by atoms with Gasteiger partial charge in [-0.3, -0.25) is 14.9 Å². The van der Waals surface area contributed by atoms with Crippen LogP contribution in [0.2, 0.25) is 5.02 Å². The number of benzene rings is 2. The molecule has 0 aliphatic rings. The van der Waals surface area contributed by atoms with E-state index in [9.17, 15) is 14.9 Å². The van der Waals surface area contributed by atoms with Crippen molar-refractivity contribution in [3.05, 3.63) is 75.1 Å². The highest BCUT2D eigenvalue weighted by Gasteiger charge is 2.22. The van der Waals surface area contributed by atoms with E-state index >= 15 is 0 Å². The molecule has 0 saturated carbocycles. The Labute approximate surface area is 165 Å². The molecule has 3 aromatic rings. The van der Waals surface area contributed by atoms with E-state index in [0.29, 0.717) is 16.5 Å². The molecule has 0 radical (unpaired) electrons. The Morgan fingerprint density at radius 3 is 2.36 bits per heavy atom. The van der Waals surface area contributed by atoms with Gasteiger partial charge < -0.3 is 9.32 Å². The Bertz CT molecular complexity index is 984. The second-order valence-electron chi connectivity index (χ2n) is 6.34. The summed E-state index contributed by atoms with van der Waals surface area (Å²) in [5, 5.41) is 19.4. The monoisotopic (exact) mass is 400 g/mol. The van der Waals surface area contributed by atoms with Crippen LogP contribution < -0.4 is 0 Å². The van der Waals surface area contributed by atoms with Crippen LogP contribution in [0.3, 0.4) is 0 Å². The highest BCUT2D eigenvalue weighted by Crippen LogP contribution is 2.22. The molecule has 0 saturated heterocycles. The van der Waals surface area contributed by atoms with Gasteiger partial charge in [-0.1, -0.05) is 11.6 Å². The summed E-state index contributed by atoms with van der Waals surface area (Å²) in [7, 11) is 0. The van der Waals surface area contributed by atoms with E-state index in [0.717, 1.165) is 5.56 Å². The predicted molar refractivity (Wildman–Crippen MR) is 103 cm³/mol. The number of non-ortho nitro benzene ring substituents is 1. The molecular formula is C19H17ClN4O4. The maximum Gasteiger partial charge on any atom is 0.269 e. The van der Waals surface area contributed by atoms with Crippen molar-refractivity contribution < 1.29 is 14.1 Å². The first-order valence-electron chi connectivity index (χ1n) is 8.49. The average molecular weight is 401 g/mol. The van der Waals surface area contributed by atoms with E-state index in [1.165, 1.54) is 24.3 Å². The Morgan fingerprint density at radius 2 is 1.79 bits per heavy atom. The molecule has 3 rings (SSSR count). The van der Waals surface area contributed by atoms with E-state index in [1.54, 1.807) is 29.2 Å². The molecule has 0 aliphatic heterocycles. The van der Waals surface area contributed by atoms with Crippen molar-refractivity contribution in [3.8, 4) is 11.5 Å². The van der Waals surface area contributed by atoms with Crippen LogP contribution >= 0.6 is 11.6 Å². The summed E-state index contributed by atoms with van der Waals surface area (Å²) in [4.78, 5) is 24.7. The summed E-state index contributed by atoms with van der Waals surface area (Å²) in [5.41, 5.74) is 0.995. The molecular weight excluding hydrogens is 384 g/mol. The molecule has 0 atom stereocenters. The standard InChI is InChI=1S/C19H17ClN4O4/c1-12(2)23(19(25)14-5-9-16(10-6-14)24(26)27)11-17-21-22-18(28-17)13-3-7-15(20)8-4-13/h3-10,12H,11H2,1-2H3. The van der Waals surface area contributed by atoms with Crippen LogP contribution in [0.5, 0.6) is 0 Å². The fourth-order valence-corrected chi connectivity index (χ4v) is 2.68. The van der Waals surface area contributed by atoms with Crippen molar-refractivity contribution >= 4 is 23.2 Å². The molecule has 144 valence electrons. The molecule has 8 nitrogen and oxygen atoms in total. The van der Waals surface area contributed by atoms with E-state index in [2.05, 4.69) is 10.2 Å². The molecule has 2 aromatic carbocycles. The number of hydrogen-bond donors (Lipinski definition) is 0. The van der Waals surface area contributed by atoms with Crippen LogP contribution in [0.25, 0.3) is 11.5 Å². The van der Waals surface area contributed by atoms with Gasteiger partial charge in [-0.25, -0.2) is 0 Å². The van der Waals surface area contributed by atoms with E-state index in [4.69, 9.17) is 16.0 Å².